The second-order valence-electron chi connectivity index (χ2n) is 3.85. The molecule has 6 heteroatoms. The third-order valence-corrected chi connectivity index (χ3v) is 2.93. The van der Waals surface area contributed by atoms with Crippen LogP contribution >= 0.6 is 11.6 Å². The normalized spacial score (nSPS) is 22.6. The van der Waals surface area contributed by atoms with Gasteiger partial charge in [0, 0.05) is 10.9 Å². The maximum Gasteiger partial charge on any atom is 0.387 e. The number of benzene rings is 1. The second-order valence-corrected chi connectivity index (χ2v) is 4.28. The fourth-order valence-corrected chi connectivity index (χ4v) is 2.00. The average molecular weight is 263 g/mol. The molecule has 1 aliphatic rings. The van der Waals surface area contributed by atoms with E-state index in [-0.39, 0.29) is 11.7 Å². The molecule has 0 spiro atoms. The molecular weight excluding hydrogens is 254 g/mol. The summed E-state index contributed by atoms with van der Waals surface area (Å²) in [5.74, 6) is -1.76. The van der Waals surface area contributed by atoms with E-state index in [9.17, 15) is 13.6 Å². The number of aliphatic carboxylic acids is 1. The molecule has 1 fully saturated rings. The molecular formula is C11H9ClF2O3. The predicted octanol–water partition coefficient (Wildman–Crippen LogP) is 3.13. The molecule has 1 N–H and O–H groups in total. The molecule has 1 aromatic carbocycles. The summed E-state index contributed by atoms with van der Waals surface area (Å²) in [5.41, 5.74) is 0.435. The summed E-state index contributed by atoms with van der Waals surface area (Å²) >= 11 is 5.76. The van der Waals surface area contributed by atoms with Gasteiger partial charge in [-0.1, -0.05) is 11.6 Å². The molecule has 0 heterocycles. The highest BCUT2D eigenvalue weighted by Gasteiger charge is 2.45. The van der Waals surface area contributed by atoms with Gasteiger partial charge in [0.05, 0.1) is 5.92 Å². The van der Waals surface area contributed by atoms with Gasteiger partial charge in [-0.3, -0.25) is 4.79 Å². The van der Waals surface area contributed by atoms with E-state index in [0.29, 0.717) is 17.0 Å². The van der Waals surface area contributed by atoms with E-state index in [1.165, 1.54) is 18.2 Å². The quantitative estimate of drug-likeness (QED) is 0.907. The van der Waals surface area contributed by atoms with Gasteiger partial charge in [-0.05, 0) is 30.2 Å². The molecule has 0 aliphatic heterocycles. The number of carboxylic acids is 1. The van der Waals surface area contributed by atoms with Gasteiger partial charge >= 0.3 is 12.6 Å². The fraction of sp³-hybridized carbons (Fsp3) is 0.364. The minimum Gasteiger partial charge on any atom is -0.481 e. The van der Waals surface area contributed by atoms with Crippen molar-refractivity contribution in [3.05, 3.63) is 28.8 Å². The van der Waals surface area contributed by atoms with E-state index >= 15 is 0 Å². The first-order valence-corrected chi connectivity index (χ1v) is 5.34. The largest absolute Gasteiger partial charge is 0.481 e. The number of hydrogen-bond acceptors (Lipinski definition) is 2. The average Bonchev–Trinajstić information content (AvgIpc) is 2.99. The molecule has 0 unspecified atom stereocenters. The number of carbonyl (C=O) groups is 1. The first-order valence-electron chi connectivity index (χ1n) is 4.96. The Kier molecular flexibility index (Phi) is 3.19. The number of halogens is 3. The lowest BCUT2D eigenvalue weighted by molar-refractivity contribution is -0.138. The third-order valence-electron chi connectivity index (χ3n) is 2.69. The SMILES string of the molecule is O=C(O)[C@@H]1C[C@H]1c1cc(Cl)ccc1OC(F)F. The van der Waals surface area contributed by atoms with Crippen molar-refractivity contribution >= 4 is 17.6 Å². The number of alkyl halides is 2. The summed E-state index contributed by atoms with van der Waals surface area (Å²) in [6.07, 6.45) is 0.426. The van der Waals surface area contributed by atoms with Crippen molar-refractivity contribution in [1.29, 1.82) is 0 Å². The molecule has 1 aromatic rings. The van der Waals surface area contributed by atoms with Crippen molar-refractivity contribution < 1.29 is 23.4 Å². The van der Waals surface area contributed by atoms with Crippen molar-refractivity contribution in [3.63, 3.8) is 0 Å². The van der Waals surface area contributed by atoms with E-state index in [2.05, 4.69) is 4.74 Å². The number of hydrogen-bond donors (Lipinski definition) is 1. The molecule has 0 radical (unpaired) electrons. The molecule has 0 amide bonds. The van der Waals surface area contributed by atoms with Crippen LogP contribution in [0.2, 0.25) is 5.02 Å². The molecule has 0 bridgehead atoms. The van der Waals surface area contributed by atoms with Crippen molar-refractivity contribution in [2.75, 3.05) is 0 Å². The van der Waals surface area contributed by atoms with E-state index in [1.807, 2.05) is 0 Å². The van der Waals surface area contributed by atoms with Crippen LogP contribution in [0.1, 0.15) is 17.9 Å². The van der Waals surface area contributed by atoms with Crippen LogP contribution in [-0.4, -0.2) is 17.7 Å². The van der Waals surface area contributed by atoms with Crippen molar-refractivity contribution in [1.82, 2.24) is 0 Å². The van der Waals surface area contributed by atoms with Gasteiger partial charge in [0.1, 0.15) is 5.75 Å². The van der Waals surface area contributed by atoms with Crippen LogP contribution in [0, 0.1) is 5.92 Å². The van der Waals surface area contributed by atoms with Crippen molar-refractivity contribution in [2.24, 2.45) is 5.92 Å². The number of carboxylic acid groups (broad SMARTS) is 1. The van der Waals surface area contributed by atoms with Crippen LogP contribution < -0.4 is 4.74 Å². The molecule has 1 aliphatic carbocycles. The molecule has 3 nitrogen and oxygen atoms in total. The van der Waals surface area contributed by atoms with Gasteiger partial charge in [0.25, 0.3) is 0 Å². The zero-order valence-corrected chi connectivity index (χ0v) is 9.32. The first kappa shape index (κ1) is 12.1. The molecule has 92 valence electrons. The highest BCUT2D eigenvalue weighted by atomic mass is 35.5. The van der Waals surface area contributed by atoms with Gasteiger partial charge in [-0.2, -0.15) is 8.78 Å². The molecule has 0 saturated heterocycles. The number of ether oxygens (including phenoxy) is 1. The van der Waals surface area contributed by atoms with E-state index in [4.69, 9.17) is 16.7 Å². The Bertz CT molecular complexity index is 450. The first-order chi connectivity index (χ1) is 7.99. The third kappa shape index (κ3) is 2.66. The van der Waals surface area contributed by atoms with Crippen LogP contribution in [-0.2, 0) is 4.79 Å². The summed E-state index contributed by atoms with van der Waals surface area (Å²) in [7, 11) is 0. The lowest BCUT2D eigenvalue weighted by atomic mass is 10.1. The Hall–Kier alpha value is -1.36. The van der Waals surface area contributed by atoms with Crippen LogP contribution in [0.15, 0.2) is 18.2 Å². The van der Waals surface area contributed by atoms with E-state index < -0.39 is 18.5 Å². The number of rotatable bonds is 4. The maximum absolute atomic E-state index is 12.2. The maximum atomic E-state index is 12.2. The van der Waals surface area contributed by atoms with Crippen LogP contribution in [0.4, 0.5) is 8.78 Å². The Morgan fingerprint density at radius 2 is 2.24 bits per heavy atom. The summed E-state index contributed by atoms with van der Waals surface area (Å²) in [4.78, 5) is 10.7. The van der Waals surface area contributed by atoms with Crippen LogP contribution in [0.3, 0.4) is 0 Å². The zero-order chi connectivity index (χ0) is 12.6. The zero-order valence-electron chi connectivity index (χ0n) is 8.57. The standard InChI is InChI=1S/C11H9ClF2O3/c12-5-1-2-9(17-11(13)14)7(3-5)6-4-8(6)10(15)16/h1-3,6,8,11H,4H2,(H,15,16)/t6-,8+/m0/s1. The summed E-state index contributed by atoms with van der Waals surface area (Å²) < 4.78 is 28.7. The predicted molar refractivity (Wildman–Crippen MR) is 56.6 cm³/mol. The van der Waals surface area contributed by atoms with E-state index in [0.717, 1.165) is 0 Å². The Balaban J connectivity index is 2.26. The molecule has 17 heavy (non-hydrogen) atoms. The Labute approximate surface area is 101 Å². The molecule has 2 rings (SSSR count). The van der Waals surface area contributed by atoms with Gasteiger partial charge in [0.15, 0.2) is 0 Å². The van der Waals surface area contributed by atoms with Gasteiger partial charge in [0.2, 0.25) is 0 Å². The van der Waals surface area contributed by atoms with Crippen LogP contribution in [0.25, 0.3) is 0 Å². The summed E-state index contributed by atoms with van der Waals surface area (Å²) in [5, 5.41) is 9.18. The summed E-state index contributed by atoms with van der Waals surface area (Å²) in [6, 6.07) is 4.24. The van der Waals surface area contributed by atoms with Crippen LogP contribution in [0.5, 0.6) is 5.75 Å². The fourth-order valence-electron chi connectivity index (χ4n) is 1.82. The minimum absolute atomic E-state index is 0.00171. The van der Waals surface area contributed by atoms with Gasteiger partial charge < -0.3 is 9.84 Å². The van der Waals surface area contributed by atoms with Crippen molar-refractivity contribution in [2.45, 2.75) is 19.0 Å². The summed E-state index contributed by atoms with van der Waals surface area (Å²) in [6.45, 7) is -2.93. The molecule has 0 aromatic heterocycles. The highest BCUT2D eigenvalue weighted by molar-refractivity contribution is 6.30. The highest BCUT2D eigenvalue weighted by Crippen LogP contribution is 2.51. The minimum atomic E-state index is -2.93. The Morgan fingerprint density at radius 1 is 1.53 bits per heavy atom. The monoisotopic (exact) mass is 262 g/mol. The lowest BCUT2D eigenvalue weighted by Gasteiger charge is -2.10. The van der Waals surface area contributed by atoms with Gasteiger partial charge in [-0.25, -0.2) is 0 Å². The molecule has 1 saturated carbocycles. The second kappa shape index (κ2) is 4.49. The lowest BCUT2D eigenvalue weighted by Crippen LogP contribution is -2.05. The topological polar surface area (TPSA) is 46.5 Å². The van der Waals surface area contributed by atoms with Crippen molar-refractivity contribution in [3.8, 4) is 5.75 Å². The smallest absolute Gasteiger partial charge is 0.387 e. The van der Waals surface area contributed by atoms with Gasteiger partial charge in [-0.15, -0.1) is 0 Å². The Morgan fingerprint density at radius 3 is 2.76 bits per heavy atom. The molecule has 2 atom stereocenters. The van der Waals surface area contributed by atoms with E-state index in [1.54, 1.807) is 0 Å².